The highest BCUT2D eigenvalue weighted by Gasteiger charge is 2.21. The maximum Gasteiger partial charge on any atom is 0.158 e. The Morgan fingerprint density at radius 1 is 1.00 bits per heavy atom. The number of pyridine rings is 1. The van der Waals surface area contributed by atoms with Crippen LogP contribution in [0.2, 0.25) is 0 Å². The van der Waals surface area contributed by atoms with Gasteiger partial charge in [0.15, 0.2) is 9.84 Å². The minimum absolute atomic E-state index is 0.0455. The van der Waals surface area contributed by atoms with Crippen LogP contribution in [0, 0.1) is 5.82 Å². The van der Waals surface area contributed by atoms with Crippen LogP contribution < -0.4 is 4.90 Å². The lowest BCUT2D eigenvalue weighted by Crippen LogP contribution is -2.46. The third kappa shape index (κ3) is 5.13. The van der Waals surface area contributed by atoms with E-state index in [0.29, 0.717) is 17.9 Å². The van der Waals surface area contributed by atoms with Crippen LogP contribution in [0.3, 0.4) is 0 Å². The number of anilines is 1. The molecule has 32 heavy (non-hydrogen) atoms. The lowest BCUT2D eigenvalue weighted by molar-refractivity contribution is 0.246. The first-order valence-electron chi connectivity index (χ1n) is 10.6. The molecule has 1 aliphatic rings. The molecule has 0 aliphatic carbocycles. The van der Waals surface area contributed by atoms with Gasteiger partial charge in [-0.2, -0.15) is 0 Å². The van der Waals surface area contributed by atoms with E-state index in [-0.39, 0.29) is 11.6 Å². The Kier molecular flexibility index (Phi) is 6.52. The van der Waals surface area contributed by atoms with Crippen molar-refractivity contribution >= 4 is 15.7 Å². The summed E-state index contributed by atoms with van der Waals surface area (Å²) in [6.45, 7) is 7.16. The number of sulfone groups is 1. The maximum atomic E-state index is 14.0. The van der Waals surface area contributed by atoms with Gasteiger partial charge >= 0.3 is 0 Å². The molecule has 1 saturated heterocycles. The van der Waals surface area contributed by atoms with Crippen LogP contribution in [-0.2, 0) is 22.1 Å². The summed E-state index contributed by atoms with van der Waals surface area (Å²) >= 11 is 0. The van der Waals surface area contributed by atoms with Crippen molar-refractivity contribution in [1.29, 1.82) is 0 Å². The summed E-state index contributed by atoms with van der Waals surface area (Å²) in [7, 11) is -3.19. The molecule has 4 rings (SSSR count). The highest BCUT2D eigenvalue weighted by Crippen LogP contribution is 2.18. The molecule has 1 fully saturated rings. The molecule has 0 N–H and O–H groups in total. The van der Waals surface area contributed by atoms with Crippen molar-refractivity contribution in [3.63, 3.8) is 0 Å². The second-order valence-electron chi connectivity index (χ2n) is 8.21. The molecule has 0 atom stereocenters. The second-order valence-corrected chi connectivity index (χ2v) is 10.8. The van der Waals surface area contributed by atoms with Crippen molar-refractivity contribution in [1.82, 2.24) is 24.9 Å². The SMILES string of the molecule is CC(C)S(=O)(=O)Cc1cccc(N2CCN(Cc3cn(-c4ccccc4F)nn3)CC2)n1. The van der Waals surface area contributed by atoms with Gasteiger partial charge in [-0.15, -0.1) is 5.10 Å². The summed E-state index contributed by atoms with van der Waals surface area (Å²) in [6.07, 6.45) is 1.75. The fourth-order valence-electron chi connectivity index (χ4n) is 3.59. The number of halogens is 1. The molecule has 8 nitrogen and oxygen atoms in total. The predicted octanol–water partition coefficient (Wildman–Crippen LogP) is 2.45. The van der Waals surface area contributed by atoms with Gasteiger partial charge in [0, 0.05) is 32.7 Å². The van der Waals surface area contributed by atoms with Crippen LogP contribution in [0.1, 0.15) is 25.2 Å². The van der Waals surface area contributed by atoms with Crippen molar-refractivity contribution in [3.8, 4) is 5.69 Å². The number of para-hydroxylation sites is 1. The van der Waals surface area contributed by atoms with E-state index >= 15 is 0 Å². The van der Waals surface area contributed by atoms with Gasteiger partial charge in [0.1, 0.15) is 17.3 Å². The lowest BCUT2D eigenvalue weighted by atomic mass is 10.2. The molecule has 3 aromatic rings. The van der Waals surface area contributed by atoms with Crippen LogP contribution in [0.4, 0.5) is 10.2 Å². The number of piperazine rings is 1. The van der Waals surface area contributed by atoms with E-state index in [2.05, 4.69) is 25.1 Å². The summed E-state index contributed by atoms with van der Waals surface area (Å²) in [5.74, 6) is 0.413. The Morgan fingerprint density at radius 2 is 1.75 bits per heavy atom. The minimum atomic E-state index is -3.19. The van der Waals surface area contributed by atoms with Gasteiger partial charge in [0.05, 0.1) is 28.6 Å². The topological polar surface area (TPSA) is 84.2 Å². The van der Waals surface area contributed by atoms with E-state index in [0.717, 1.165) is 37.7 Å². The van der Waals surface area contributed by atoms with E-state index in [4.69, 9.17) is 0 Å². The Bertz CT molecular complexity index is 1170. The van der Waals surface area contributed by atoms with Gasteiger partial charge in [0.2, 0.25) is 0 Å². The number of nitrogens with zero attached hydrogens (tertiary/aromatic N) is 6. The third-order valence-electron chi connectivity index (χ3n) is 5.58. The van der Waals surface area contributed by atoms with Crippen molar-refractivity contribution < 1.29 is 12.8 Å². The molecule has 0 amide bonds. The van der Waals surface area contributed by atoms with Crippen LogP contribution >= 0.6 is 0 Å². The molecule has 0 unspecified atom stereocenters. The predicted molar refractivity (Wildman–Crippen MR) is 121 cm³/mol. The zero-order valence-electron chi connectivity index (χ0n) is 18.2. The number of hydrogen-bond donors (Lipinski definition) is 0. The Labute approximate surface area is 187 Å². The molecule has 0 saturated carbocycles. The molecule has 0 spiro atoms. The van der Waals surface area contributed by atoms with E-state index in [1.807, 2.05) is 12.1 Å². The first-order valence-corrected chi connectivity index (χ1v) is 12.3. The minimum Gasteiger partial charge on any atom is -0.354 e. The van der Waals surface area contributed by atoms with Gasteiger partial charge in [0.25, 0.3) is 0 Å². The van der Waals surface area contributed by atoms with Crippen molar-refractivity contribution in [2.75, 3.05) is 31.1 Å². The van der Waals surface area contributed by atoms with E-state index in [1.54, 1.807) is 44.3 Å². The molecular weight excluding hydrogens is 431 g/mol. The summed E-state index contributed by atoms with van der Waals surface area (Å²) < 4.78 is 39.9. The number of benzene rings is 1. The first-order chi connectivity index (χ1) is 15.3. The zero-order valence-corrected chi connectivity index (χ0v) is 19.0. The van der Waals surface area contributed by atoms with E-state index < -0.39 is 15.1 Å². The van der Waals surface area contributed by atoms with Crippen molar-refractivity contribution in [2.24, 2.45) is 0 Å². The number of hydrogen-bond acceptors (Lipinski definition) is 7. The first kappa shape index (κ1) is 22.3. The molecular formula is C22H27FN6O2S. The number of aromatic nitrogens is 4. The maximum absolute atomic E-state index is 14.0. The highest BCUT2D eigenvalue weighted by atomic mass is 32.2. The van der Waals surface area contributed by atoms with Crippen LogP contribution in [0.5, 0.6) is 0 Å². The quantitative estimate of drug-likeness (QED) is 0.538. The standard InChI is InChI=1S/C22H27FN6O2S/c1-17(2)32(30,31)16-18-6-5-9-22(24-18)28-12-10-27(11-13-28)14-19-15-29(26-25-19)21-8-4-3-7-20(21)23/h3-9,15,17H,10-14,16H2,1-2H3. The normalized spacial score (nSPS) is 15.4. The smallest absolute Gasteiger partial charge is 0.158 e. The Hall–Kier alpha value is -2.85. The summed E-state index contributed by atoms with van der Waals surface area (Å²) in [4.78, 5) is 9.01. The largest absolute Gasteiger partial charge is 0.354 e. The fraction of sp³-hybridized carbons (Fsp3) is 0.409. The number of rotatable bonds is 7. The molecule has 0 bridgehead atoms. The molecule has 3 heterocycles. The zero-order chi connectivity index (χ0) is 22.7. The third-order valence-corrected chi connectivity index (χ3v) is 7.72. The summed E-state index contributed by atoms with van der Waals surface area (Å²) in [5.41, 5.74) is 1.73. The summed E-state index contributed by atoms with van der Waals surface area (Å²) in [5, 5.41) is 7.82. The van der Waals surface area contributed by atoms with Gasteiger partial charge in [-0.3, -0.25) is 4.90 Å². The Morgan fingerprint density at radius 3 is 2.47 bits per heavy atom. The molecule has 1 aliphatic heterocycles. The molecule has 10 heteroatoms. The van der Waals surface area contributed by atoms with E-state index in [9.17, 15) is 12.8 Å². The molecule has 170 valence electrons. The average Bonchev–Trinajstić information content (AvgIpc) is 3.22. The fourth-order valence-corrected chi connectivity index (χ4v) is 4.49. The average molecular weight is 459 g/mol. The van der Waals surface area contributed by atoms with Crippen molar-refractivity contribution in [3.05, 3.63) is 65.9 Å². The van der Waals surface area contributed by atoms with Crippen LogP contribution in [0.25, 0.3) is 5.69 Å². The monoisotopic (exact) mass is 458 g/mol. The molecule has 0 radical (unpaired) electrons. The van der Waals surface area contributed by atoms with E-state index in [1.165, 1.54) is 10.7 Å². The highest BCUT2D eigenvalue weighted by molar-refractivity contribution is 7.91. The van der Waals surface area contributed by atoms with Crippen LogP contribution in [0.15, 0.2) is 48.7 Å². The molecule has 2 aromatic heterocycles. The second kappa shape index (κ2) is 9.33. The lowest BCUT2D eigenvalue weighted by Gasteiger charge is -2.35. The van der Waals surface area contributed by atoms with Gasteiger partial charge in [-0.25, -0.2) is 22.5 Å². The van der Waals surface area contributed by atoms with Crippen LogP contribution in [-0.4, -0.2) is 64.7 Å². The van der Waals surface area contributed by atoms with Gasteiger partial charge < -0.3 is 4.90 Å². The summed E-state index contributed by atoms with van der Waals surface area (Å²) in [6, 6.07) is 12.0. The van der Waals surface area contributed by atoms with Gasteiger partial charge in [-0.1, -0.05) is 23.4 Å². The van der Waals surface area contributed by atoms with Crippen molar-refractivity contribution in [2.45, 2.75) is 31.4 Å². The Balaban J connectivity index is 1.35. The van der Waals surface area contributed by atoms with Gasteiger partial charge in [-0.05, 0) is 38.1 Å². The molecule has 1 aromatic carbocycles.